The molecule has 11 heteroatoms. The van der Waals surface area contributed by atoms with E-state index in [1.165, 1.54) is 25.1 Å². The number of phenols is 1. The third-order valence-electron chi connectivity index (χ3n) is 8.64. The number of halogens is 3. The van der Waals surface area contributed by atoms with E-state index in [1.54, 1.807) is 24.3 Å². The van der Waals surface area contributed by atoms with Crippen LogP contribution in [-0.2, 0) is 19.2 Å². The summed E-state index contributed by atoms with van der Waals surface area (Å²) in [4.78, 5) is 53.0. The molecule has 0 unspecified atom stereocenters. The number of carbonyl (C=O) groups excluding carboxylic acids is 4. The van der Waals surface area contributed by atoms with E-state index >= 15 is 0 Å². The van der Waals surface area contributed by atoms with Crippen molar-refractivity contribution in [1.82, 2.24) is 4.90 Å². The van der Waals surface area contributed by atoms with E-state index in [4.69, 9.17) is 27.9 Å². The molecule has 3 fully saturated rings. The first-order valence-electron chi connectivity index (χ1n) is 12.4. The van der Waals surface area contributed by atoms with E-state index in [2.05, 4.69) is 22.6 Å². The normalized spacial score (nSPS) is 33.6. The molecule has 6 atom stereocenters. The summed E-state index contributed by atoms with van der Waals surface area (Å²) in [7, 11) is 2.75. The highest BCUT2D eigenvalue weighted by atomic mass is 127. The predicted octanol–water partition coefficient (Wildman–Crippen LogP) is 4.20. The number of likely N-dealkylation sites (tertiary alicyclic amines) is 1. The molecule has 202 valence electrons. The molecule has 4 aliphatic rings. The van der Waals surface area contributed by atoms with Crippen LogP contribution in [0.5, 0.6) is 11.5 Å². The second-order valence-electron chi connectivity index (χ2n) is 10.4. The van der Waals surface area contributed by atoms with Crippen LogP contribution < -0.4 is 9.64 Å². The lowest BCUT2D eigenvalue weighted by Crippen LogP contribution is -2.60. The van der Waals surface area contributed by atoms with Crippen molar-refractivity contribution < 1.29 is 29.0 Å². The maximum absolute atomic E-state index is 13.9. The summed E-state index contributed by atoms with van der Waals surface area (Å²) in [5.74, 6) is -4.92. The minimum atomic E-state index is -1.90. The lowest BCUT2D eigenvalue weighted by Gasteiger charge is -2.50. The maximum Gasteiger partial charge on any atom is 0.253 e. The number of anilines is 1. The van der Waals surface area contributed by atoms with E-state index < -0.39 is 45.2 Å². The highest BCUT2D eigenvalue weighted by Gasteiger charge is 2.75. The van der Waals surface area contributed by atoms with Gasteiger partial charge < -0.3 is 9.84 Å². The Labute approximate surface area is 248 Å². The van der Waals surface area contributed by atoms with Crippen LogP contribution >= 0.6 is 45.8 Å². The number of hydrogen-bond acceptors (Lipinski definition) is 6. The van der Waals surface area contributed by atoms with Crippen molar-refractivity contribution >= 4 is 75.1 Å². The van der Waals surface area contributed by atoms with Gasteiger partial charge in [-0.15, -0.1) is 23.2 Å². The van der Waals surface area contributed by atoms with Crippen LogP contribution in [0.3, 0.4) is 0 Å². The van der Waals surface area contributed by atoms with Crippen molar-refractivity contribution in [3.63, 3.8) is 0 Å². The largest absolute Gasteiger partial charge is 0.504 e. The van der Waals surface area contributed by atoms with Crippen molar-refractivity contribution in [1.29, 1.82) is 0 Å². The van der Waals surface area contributed by atoms with Gasteiger partial charge in [0.15, 0.2) is 21.2 Å². The van der Waals surface area contributed by atoms with Crippen molar-refractivity contribution in [2.75, 3.05) is 19.1 Å². The molecule has 8 nitrogen and oxygen atoms in total. The number of methoxy groups -OCH3 is 1. The fraction of sp³-hybridized carbons (Fsp3) is 0.357. The second kappa shape index (κ2) is 8.94. The molecule has 0 aromatic heterocycles. The fourth-order valence-corrected chi connectivity index (χ4v) is 8.23. The van der Waals surface area contributed by atoms with Crippen LogP contribution in [0.25, 0.3) is 0 Å². The molecule has 39 heavy (non-hydrogen) atoms. The van der Waals surface area contributed by atoms with Gasteiger partial charge in [0.2, 0.25) is 11.8 Å². The lowest BCUT2D eigenvalue weighted by molar-refractivity contribution is -0.138. The van der Waals surface area contributed by atoms with Crippen molar-refractivity contribution in [2.24, 2.45) is 17.8 Å². The summed E-state index contributed by atoms with van der Waals surface area (Å²) < 4.78 is 6.15. The Bertz CT molecular complexity index is 1500. The van der Waals surface area contributed by atoms with Crippen LogP contribution in [0, 0.1) is 21.3 Å². The van der Waals surface area contributed by atoms with Gasteiger partial charge in [0.05, 0.1) is 24.6 Å². The first-order valence-corrected chi connectivity index (χ1v) is 14.2. The number of hydrogen-bond donors (Lipinski definition) is 1. The molecule has 2 aliphatic heterocycles. The Balaban J connectivity index is 1.51. The van der Waals surface area contributed by atoms with E-state index in [9.17, 15) is 24.3 Å². The van der Waals surface area contributed by atoms with Crippen LogP contribution in [0.1, 0.15) is 24.3 Å². The van der Waals surface area contributed by atoms with Gasteiger partial charge in [-0.05, 0) is 83.3 Å². The molecule has 0 radical (unpaired) electrons. The molecule has 2 aromatic carbocycles. The number of aromatic hydroxyl groups is 1. The first kappa shape index (κ1) is 26.6. The summed E-state index contributed by atoms with van der Waals surface area (Å²) in [6, 6.07) is 11.8. The number of phenolic OH excluding ortho intramolecular Hbond substituents is 1. The zero-order valence-electron chi connectivity index (χ0n) is 20.9. The molecular formula is C28H23Cl2IN2O6. The highest BCUT2D eigenvalue weighted by molar-refractivity contribution is 14.1. The maximum atomic E-state index is 13.9. The predicted molar refractivity (Wildman–Crippen MR) is 152 cm³/mol. The number of rotatable bonds is 3. The van der Waals surface area contributed by atoms with E-state index in [-0.39, 0.29) is 36.2 Å². The Kier molecular flexibility index (Phi) is 6.09. The van der Waals surface area contributed by atoms with Crippen LogP contribution in [0.4, 0.5) is 5.69 Å². The van der Waals surface area contributed by atoms with Gasteiger partial charge >= 0.3 is 0 Å². The average Bonchev–Trinajstić information content (AvgIpc) is 3.24. The summed E-state index contributed by atoms with van der Waals surface area (Å²) >= 11 is 16.4. The minimum absolute atomic E-state index is 0.0852. The molecule has 1 saturated carbocycles. The van der Waals surface area contributed by atoms with E-state index in [0.29, 0.717) is 16.8 Å². The zero-order chi connectivity index (χ0) is 28.0. The molecule has 6 rings (SSSR count). The second-order valence-corrected chi connectivity index (χ2v) is 12.9. The smallest absolute Gasteiger partial charge is 0.253 e. The Morgan fingerprint density at radius 2 is 1.69 bits per heavy atom. The van der Waals surface area contributed by atoms with Gasteiger partial charge in [-0.3, -0.25) is 29.0 Å². The number of amides is 4. The van der Waals surface area contributed by atoms with Gasteiger partial charge in [0, 0.05) is 16.5 Å². The van der Waals surface area contributed by atoms with E-state index in [0.717, 1.165) is 8.47 Å². The third kappa shape index (κ3) is 3.42. The van der Waals surface area contributed by atoms with Gasteiger partial charge in [0.1, 0.15) is 0 Å². The van der Waals surface area contributed by atoms with Crippen LogP contribution in [0.15, 0.2) is 54.1 Å². The molecule has 0 spiro atoms. The molecule has 0 bridgehead atoms. The summed E-state index contributed by atoms with van der Waals surface area (Å²) in [6.45, 7) is 0. The summed E-state index contributed by atoms with van der Waals surface area (Å²) in [6.07, 6.45) is 2.04. The molecule has 2 aliphatic carbocycles. The minimum Gasteiger partial charge on any atom is -0.504 e. The third-order valence-corrected chi connectivity index (χ3v) is 10.8. The van der Waals surface area contributed by atoms with Gasteiger partial charge in [-0.25, -0.2) is 0 Å². The quantitative estimate of drug-likeness (QED) is 0.226. The van der Waals surface area contributed by atoms with Crippen molar-refractivity contribution in [2.45, 2.75) is 28.5 Å². The number of ether oxygens (including phenoxy) is 1. The van der Waals surface area contributed by atoms with Crippen molar-refractivity contribution in [3.05, 3.63) is 63.2 Å². The molecule has 2 saturated heterocycles. The Morgan fingerprint density at radius 1 is 1.00 bits per heavy atom. The Morgan fingerprint density at radius 3 is 2.33 bits per heavy atom. The van der Waals surface area contributed by atoms with Gasteiger partial charge in [-0.2, -0.15) is 0 Å². The summed E-state index contributed by atoms with van der Waals surface area (Å²) in [5.41, 5.74) is 1.59. The summed E-state index contributed by atoms with van der Waals surface area (Å²) in [5, 5.41) is 10.6. The average molecular weight is 681 g/mol. The SMILES string of the molecule is COc1ccc([C@H]2C3=CC[C@@H]4C(=O)N(c5ccc(I)cc5)C(=O)[C@@H]4[C@@H]3C[C@@]3(Cl)C(=O)N(C)C(=O)[C@@]23Cl)cc1O. The Hall–Kier alpha value is -2.63. The number of alkyl halides is 2. The molecule has 1 N–H and O–H groups in total. The van der Waals surface area contributed by atoms with Gasteiger partial charge in [-0.1, -0.05) is 17.7 Å². The number of benzene rings is 2. The topological polar surface area (TPSA) is 104 Å². The number of carbonyl (C=O) groups is 4. The standard InChI is InChI=1S/C28H23Cl2IN2O6/c1-32-25(37)27(29)12-18-16(22(28(27,30)26(32)38)13-3-10-20(39-2)19(34)11-13)8-9-17-21(18)24(36)33(23(17)35)15-6-4-14(31)5-7-15/h3-8,10-11,17-18,21-22,34H,9,12H2,1-2H3/t17-,18+,21-,22-,27+,28-/m0/s1. The lowest BCUT2D eigenvalue weighted by atomic mass is 9.56. The molecule has 2 aromatic rings. The molecule has 2 heterocycles. The van der Waals surface area contributed by atoms with E-state index in [1.807, 2.05) is 18.2 Å². The molecule has 4 amide bonds. The van der Waals surface area contributed by atoms with Crippen LogP contribution in [0.2, 0.25) is 0 Å². The number of fused-ring (bicyclic) bond motifs is 4. The van der Waals surface area contributed by atoms with Crippen LogP contribution in [-0.4, -0.2) is 57.5 Å². The first-order chi connectivity index (χ1) is 18.5. The number of imide groups is 2. The van der Waals surface area contributed by atoms with Gasteiger partial charge in [0.25, 0.3) is 11.8 Å². The van der Waals surface area contributed by atoms with Crippen molar-refractivity contribution in [3.8, 4) is 11.5 Å². The molecular weight excluding hydrogens is 658 g/mol. The monoisotopic (exact) mass is 680 g/mol. The number of nitrogens with zero attached hydrogens (tertiary/aromatic N) is 2. The number of allylic oxidation sites excluding steroid dienone is 2. The zero-order valence-corrected chi connectivity index (χ0v) is 24.5. The highest BCUT2D eigenvalue weighted by Crippen LogP contribution is 2.65. The fourth-order valence-electron chi connectivity index (χ4n) is 6.85.